The molecule has 0 bridgehead atoms. The summed E-state index contributed by atoms with van der Waals surface area (Å²) >= 11 is 7.11. The molecule has 0 saturated heterocycles. The molecule has 7 heteroatoms. The first-order valence-corrected chi connectivity index (χ1v) is 13.0. The minimum atomic E-state index is -0.0311. The van der Waals surface area contributed by atoms with Crippen molar-refractivity contribution in [2.24, 2.45) is 0 Å². The van der Waals surface area contributed by atoms with E-state index in [1.54, 1.807) is 18.6 Å². The third kappa shape index (κ3) is 4.58. The molecule has 0 spiro atoms. The van der Waals surface area contributed by atoms with Crippen LogP contribution in [0.3, 0.4) is 0 Å². The number of hydrogen-bond acceptors (Lipinski definition) is 6. The molecule has 190 valence electrons. The van der Waals surface area contributed by atoms with Gasteiger partial charge in [0.05, 0.1) is 40.7 Å². The first-order valence-electron chi connectivity index (χ1n) is 12.7. The van der Waals surface area contributed by atoms with E-state index in [1.165, 1.54) is 0 Å². The lowest BCUT2D eigenvalue weighted by molar-refractivity contribution is 0.374. The Morgan fingerprint density at radius 3 is 2.02 bits per heavy atom. The van der Waals surface area contributed by atoms with Crippen molar-refractivity contribution in [2.45, 2.75) is 13.1 Å². The van der Waals surface area contributed by atoms with Gasteiger partial charge in [0.2, 0.25) is 0 Å². The number of nitrogens with zero attached hydrogens (tertiary/aromatic N) is 6. The topological polar surface area (TPSA) is 89.5 Å². The van der Waals surface area contributed by atoms with Gasteiger partial charge in [0, 0.05) is 40.7 Å². The molecule has 40 heavy (non-hydrogen) atoms. The summed E-state index contributed by atoms with van der Waals surface area (Å²) in [4.78, 5) is 15.8. The van der Waals surface area contributed by atoms with E-state index in [-0.39, 0.29) is 5.57 Å². The van der Waals surface area contributed by atoms with Gasteiger partial charge in [-0.1, -0.05) is 60.1 Å². The van der Waals surface area contributed by atoms with E-state index in [1.807, 2.05) is 91.0 Å². The van der Waals surface area contributed by atoms with Gasteiger partial charge >= 0.3 is 0 Å². The van der Waals surface area contributed by atoms with Crippen molar-refractivity contribution in [2.75, 3.05) is 0 Å². The van der Waals surface area contributed by atoms with Gasteiger partial charge < -0.3 is 4.90 Å². The van der Waals surface area contributed by atoms with E-state index in [0.29, 0.717) is 23.7 Å². The number of allylic oxidation sites excluding steroid dienone is 3. The quantitative estimate of drug-likeness (QED) is 0.215. The predicted molar refractivity (Wildman–Crippen MR) is 156 cm³/mol. The van der Waals surface area contributed by atoms with Crippen molar-refractivity contribution >= 4 is 33.8 Å². The van der Waals surface area contributed by atoms with Crippen molar-refractivity contribution < 1.29 is 0 Å². The largest absolute Gasteiger partial charge is 0.358 e. The van der Waals surface area contributed by atoms with Gasteiger partial charge in [-0.2, -0.15) is 10.5 Å². The number of aromatic nitrogens is 3. The highest BCUT2D eigenvalue weighted by Gasteiger charge is 2.32. The highest BCUT2D eigenvalue weighted by Crippen LogP contribution is 2.48. The van der Waals surface area contributed by atoms with E-state index in [4.69, 9.17) is 11.6 Å². The zero-order chi connectivity index (χ0) is 27.5. The highest BCUT2D eigenvalue weighted by molar-refractivity contribution is 6.42. The third-order valence-corrected chi connectivity index (χ3v) is 7.23. The van der Waals surface area contributed by atoms with E-state index in [2.05, 4.69) is 25.9 Å². The molecule has 0 saturated carbocycles. The molecule has 0 fully saturated rings. The van der Waals surface area contributed by atoms with Gasteiger partial charge in [0.15, 0.2) is 0 Å². The van der Waals surface area contributed by atoms with Crippen LogP contribution in [-0.4, -0.2) is 19.9 Å². The fourth-order valence-corrected chi connectivity index (χ4v) is 5.51. The standard InChI is InChI=1S/C33H21ClN6/c34-31-30(24(18-35)19-36)28-13-12-23(27-11-5-7-22-8-6-16-39-32(22)27)17-29(28)33(31)40(20-25-9-1-3-14-37-25)21-26-10-2-4-15-38-26/h1-17H,20-21H2. The van der Waals surface area contributed by atoms with Gasteiger partial charge in [-0.05, 0) is 47.5 Å². The minimum Gasteiger partial charge on any atom is -0.358 e. The Morgan fingerprint density at radius 2 is 1.38 bits per heavy atom. The SMILES string of the molecule is N#CC(C#N)=C1C(Cl)=C(N(Cc2ccccn2)Cc2ccccn2)c2cc(-c3cccc4cccnc34)ccc21. The van der Waals surface area contributed by atoms with Crippen molar-refractivity contribution in [3.63, 3.8) is 0 Å². The Hall–Kier alpha value is -5.30. The van der Waals surface area contributed by atoms with Crippen LogP contribution in [0.25, 0.3) is 33.3 Å². The van der Waals surface area contributed by atoms with E-state index in [0.717, 1.165) is 50.2 Å². The Morgan fingerprint density at radius 1 is 0.700 bits per heavy atom. The van der Waals surface area contributed by atoms with Crippen molar-refractivity contribution in [3.05, 3.63) is 137 Å². The summed E-state index contributed by atoms with van der Waals surface area (Å²) in [5, 5.41) is 21.0. The monoisotopic (exact) mass is 536 g/mol. The lowest BCUT2D eigenvalue weighted by Gasteiger charge is -2.27. The molecule has 0 radical (unpaired) electrons. The molecule has 0 aliphatic heterocycles. The number of hydrogen-bond donors (Lipinski definition) is 0. The molecule has 3 aromatic heterocycles. The number of para-hydroxylation sites is 1. The molecular formula is C33H21ClN6. The smallest absolute Gasteiger partial charge is 0.139 e. The molecule has 3 heterocycles. The normalized spacial score (nSPS) is 12.1. The zero-order valence-electron chi connectivity index (χ0n) is 21.3. The van der Waals surface area contributed by atoms with Crippen LogP contribution in [0, 0.1) is 22.7 Å². The molecule has 6 nitrogen and oxygen atoms in total. The second kappa shape index (κ2) is 10.8. The molecule has 2 aromatic carbocycles. The van der Waals surface area contributed by atoms with Crippen LogP contribution in [0.15, 0.2) is 114 Å². The highest BCUT2D eigenvalue weighted by atomic mass is 35.5. The first kappa shape index (κ1) is 25.0. The summed E-state index contributed by atoms with van der Waals surface area (Å²) in [6.45, 7) is 0.897. The molecule has 6 rings (SSSR count). The van der Waals surface area contributed by atoms with Gasteiger partial charge in [-0.3, -0.25) is 15.0 Å². The molecule has 0 amide bonds. The lowest BCUT2D eigenvalue weighted by Crippen LogP contribution is -2.22. The average Bonchev–Trinajstić information content (AvgIpc) is 3.29. The van der Waals surface area contributed by atoms with Crippen LogP contribution in [0.2, 0.25) is 0 Å². The Kier molecular flexibility index (Phi) is 6.77. The van der Waals surface area contributed by atoms with Crippen molar-refractivity contribution in [1.29, 1.82) is 10.5 Å². The molecule has 0 N–H and O–H groups in total. The van der Waals surface area contributed by atoms with Crippen molar-refractivity contribution in [3.8, 4) is 23.3 Å². The Labute approximate surface area is 236 Å². The summed E-state index contributed by atoms with van der Waals surface area (Å²) in [7, 11) is 0. The molecule has 0 atom stereocenters. The summed E-state index contributed by atoms with van der Waals surface area (Å²) in [5.41, 5.74) is 7.23. The van der Waals surface area contributed by atoms with Gasteiger partial charge in [-0.15, -0.1) is 0 Å². The third-order valence-electron chi connectivity index (χ3n) is 6.86. The Bertz CT molecular complexity index is 1820. The molecule has 5 aromatic rings. The molecule has 1 aliphatic rings. The van der Waals surface area contributed by atoms with Crippen LogP contribution in [0.4, 0.5) is 0 Å². The second-order valence-corrected chi connectivity index (χ2v) is 9.65. The Balaban J connectivity index is 1.57. The number of pyridine rings is 3. The predicted octanol–water partition coefficient (Wildman–Crippen LogP) is 7.12. The zero-order valence-corrected chi connectivity index (χ0v) is 22.0. The summed E-state index contributed by atoms with van der Waals surface area (Å²) in [5.74, 6) is 0. The molecule has 1 aliphatic carbocycles. The van der Waals surface area contributed by atoms with Crippen LogP contribution in [0.1, 0.15) is 22.5 Å². The fourth-order valence-electron chi connectivity index (χ4n) is 5.10. The maximum Gasteiger partial charge on any atom is 0.139 e. The molecular weight excluding hydrogens is 516 g/mol. The van der Waals surface area contributed by atoms with Crippen LogP contribution < -0.4 is 0 Å². The first-order chi connectivity index (χ1) is 19.7. The maximum absolute atomic E-state index is 9.82. The summed E-state index contributed by atoms with van der Waals surface area (Å²) in [6, 6.07) is 31.7. The summed E-state index contributed by atoms with van der Waals surface area (Å²) < 4.78 is 0. The summed E-state index contributed by atoms with van der Waals surface area (Å²) in [6.07, 6.45) is 5.30. The lowest BCUT2D eigenvalue weighted by atomic mass is 9.95. The van der Waals surface area contributed by atoms with Crippen molar-refractivity contribution in [1.82, 2.24) is 19.9 Å². The maximum atomic E-state index is 9.82. The van der Waals surface area contributed by atoms with Crippen LogP contribution in [0.5, 0.6) is 0 Å². The number of fused-ring (bicyclic) bond motifs is 2. The number of rotatable bonds is 6. The molecule has 0 unspecified atom stereocenters. The van der Waals surface area contributed by atoms with Gasteiger partial charge in [-0.25, -0.2) is 0 Å². The van der Waals surface area contributed by atoms with E-state index < -0.39 is 0 Å². The fraction of sp³-hybridized carbons (Fsp3) is 0.0606. The number of benzene rings is 2. The van der Waals surface area contributed by atoms with Gasteiger partial charge in [0.25, 0.3) is 0 Å². The second-order valence-electron chi connectivity index (χ2n) is 9.28. The van der Waals surface area contributed by atoms with E-state index >= 15 is 0 Å². The number of halogens is 1. The van der Waals surface area contributed by atoms with E-state index in [9.17, 15) is 10.5 Å². The van der Waals surface area contributed by atoms with Crippen LogP contribution in [-0.2, 0) is 13.1 Å². The average molecular weight is 537 g/mol. The minimum absolute atomic E-state index is 0.0311. The van der Waals surface area contributed by atoms with Crippen LogP contribution >= 0.6 is 11.6 Å². The van der Waals surface area contributed by atoms with Gasteiger partial charge in [0.1, 0.15) is 17.7 Å². The number of nitriles is 2.